The second-order valence-corrected chi connectivity index (χ2v) is 10.0. The van der Waals surface area contributed by atoms with Gasteiger partial charge in [0.15, 0.2) is 0 Å². The quantitative estimate of drug-likeness (QED) is 0.405. The van der Waals surface area contributed by atoms with Gasteiger partial charge in [0.1, 0.15) is 17.4 Å². The van der Waals surface area contributed by atoms with Crippen molar-refractivity contribution in [2.24, 2.45) is 0 Å². The molecule has 0 aliphatic carbocycles. The van der Waals surface area contributed by atoms with E-state index in [9.17, 15) is 18.0 Å². The fraction of sp³-hybridized carbons (Fsp3) is 0.440. The Labute approximate surface area is 211 Å². The van der Waals surface area contributed by atoms with Crippen LogP contribution in [-0.4, -0.2) is 40.2 Å². The minimum absolute atomic E-state index is 0.0121. The summed E-state index contributed by atoms with van der Waals surface area (Å²) in [4.78, 5) is 25.5. The summed E-state index contributed by atoms with van der Waals surface area (Å²) in [5, 5.41) is 3.56. The van der Waals surface area contributed by atoms with Crippen molar-refractivity contribution in [3.63, 3.8) is 0 Å². The van der Waals surface area contributed by atoms with Crippen molar-refractivity contribution in [2.75, 3.05) is 13.2 Å². The van der Waals surface area contributed by atoms with E-state index in [1.807, 2.05) is 12.3 Å². The maximum Gasteiger partial charge on any atom is 0.451 e. The molecule has 192 valence electrons. The van der Waals surface area contributed by atoms with Gasteiger partial charge in [0, 0.05) is 46.8 Å². The predicted octanol–water partition coefficient (Wildman–Crippen LogP) is 5.79. The Hall–Kier alpha value is -3.05. The van der Waals surface area contributed by atoms with Crippen LogP contribution in [0.15, 0.2) is 36.8 Å². The molecule has 11 heteroatoms. The third kappa shape index (κ3) is 6.38. The number of carbonyl (C=O) groups excluding carboxylic acids is 1. The Bertz CT molecular complexity index is 1190. The number of carbonyl (C=O) groups is 1. The van der Waals surface area contributed by atoms with Gasteiger partial charge in [-0.15, -0.1) is 11.3 Å². The largest absolute Gasteiger partial charge is 0.491 e. The van der Waals surface area contributed by atoms with Gasteiger partial charge in [-0.05, 0) is 43.9 Å². The summed E-state index contributed by atoms with van der Waals surface area (Å²) in [5.41, 5.74) is 1.44. The number of amides is 1. The number of halogens is 3. The molecule has 0 saturated carbocycles. The molecule has 0 radical (unpaired) electrons. The molecule has 36 heavy (non-hydrogen) atoms. The molecular weight excluding hydrogens is 493 g/mol. The zero-order valence-corrected chi connectivity index (χ0v) is 20.9. The molecule has 3 aromatic rings. The standard InChI is InChI=1S/C25H27F3N4O3S/c1-14(2)21-12-29-23(36-21)17-7-16(8-20(9-17)35-13-19-5-4-6-34-19)22(33)32-15(3)18-10-30-24(31-11-18)25(26,27)28/h7-12,14-15,19H,4-6,13H2,1-3H3,(H,32,33)/t15-,19?/m1/s1. The van der Waals surface area contributed by atoms with Crippen LogP contribution >= 0.6 is 11.3 Å². The van der Waals surface area contributed by atoms with E-state index < -0.39 is 23.9 Å². The highest BCUT2D eigenvalue weighted by Gasteiger charge is 2.34. The van der Waals surface area contributed by atoms with Crippen molar-refractivity contribution in [1.29, 1.82) is 0 Å². The molecule has 3 heterocycles. The van der Waals surface area contributed by atoms with E-state index in [0.29, 0.717) is 36.0 Å². The van der Waals surface area contributed by atoms with Crippen LogP contribution in [0.5, 0.6) is 5.75 Å². The van der Waals surface area contributed by atoms with Crippen LogP contribution in [0.4, 0.5) is 13.2 Å². The first-order valence-electron chi connectivity index (χ1n) is 11.7. The molecule has 2 atom stereocenters. The topological polar surface area (TPSA) is 86.2 Å². The number of nitrogens with one attached hydrogen (secondary N) is 1. The molecule has 1 aromatic carbocycles. The molecule has 1 amide bonds. The number of aromatic nitrogens is 3. The van der Waals surface area contributed by atoms with Gasteiger partial charge < -0.3 is 14.8 Å². The predicted molar refractivity (Wildman–Crippen MR) is 129 cm³/mol. The minimum atomic E-state index is -4.63. The smallest absolute Gasteiger partial charge is 0.451 e. The molecule has 0 spiro atoms. The SMILES string of the molecule is CC(C)c1cnc(-c2cc(OCC3CCCO3)cc(C(=O)N[C@H](C)c3cnc(C(F)(F)F)nc3)c2)s1. The van der Waals surface area contributed by atoms with E-state index in [-0.39, 0.29) is 6.10 Å². The Balaban J connectivity index is 1.55. The normalized spacial score (nSPS) is 16.8. The molecule has 7 nitrogen and oxygen atoms in total. The van der Waals surface area contributed by atoms with Crippen LogP contribution in [0.25, 0.3) is 10.6 Å². The van der Waals surface area contributed by atoms with E-state index in [1.54, 1.807) is 30.4 Å². The number of ether oxygens (including phenoxy) is 2. The van der Waals surface area contributed by atoms with Crippen molar-refractivity contribution < 1.29 is 27.4 Å². The molecular formula is C25H27F3N4O3S. The van der Waals surface area contributed by atoms with Gasteiger partial charge in [0.05, 0.1) is 12.1 Å². The summed E-state index contributed by atoms with van der Waals surface area (Å²) in [7, 11) is 0. The first kappa shape index (κ1) is 26.0. The first-order chi connectivity index (χ1) is 17.1. The summed E-state index contributed by atoms with van der Waals surface area (Å²) in [6.45, 7) is 6.91. The summed E-state index contributed by atoms with van der Waals surface area (Å²) in [5.74, 6) is -0.800. The number of nitrogens with zero attached hydrogens (tertiary/aromatic N) is 3. The second kappa shape index (κ2) is 10.9. The lowest BCUT2D eigenvalue weighted by atomic mass is 10.1. The van der Waals surface area contributed by atoms with Crippen LogP contribution < -0.4 is 10.1 Å². The summed E-state index contributed by atoms with van der Waals surface area (Å²) in [6.07, 6.45) is 1.26. The third-order valence-electron chi connectivity index (χ3n) is 5.74. The van der Waals surface area contributed by atoms with Crippen molar-refractivity contribution in [3.8, 4) is 16.3 Å². The Morgan fingerprint density at radius 3 is 2.53 bits per heavy atom. The van der Waals surface area contributed by atoms with Crippen LogP contribution in [0.2, 0.25) is 0 Å². The van der Waals surface area contributed by atoms with Gasteiger partial charge in [-0.25, -0.2) is 15.0 Å². The minimum Gasteiger partial charge on any atom is -0.491 e. The zero-order chi connectivity index (χ0) is 25.9. The van der Waals surface area contributed by atoms with Crippen LogP contribution in [-0.2, 0) is 10.9 Å². The monoisotopic (exact) mass is 520 g/mol. The maximum atomic E-state index is 13.1. The molecule has 0 bridgehead atoms. The number of hydrogen-bond acceptors (Lipinski definition) is 7. The highest BCUT2D eigenvalue weighted by Crippen LogP contribution is 2.33. The van der Waals surface area contributed by atoms with E-state index >= 15 is 0 Å². The van der Waals surface area contributed by atoms with Gasteiger partial charge >= 0.3 is 6.18 Å². The highest BCUT2D eigenvalue weighted by atomic mass is 32.1. The van der Waals surface area contributed by atoms with Crippen LogP contribution in [0, 0.1) is 0 Å². The molecule has 1 saturated heterocycles. The lowest BCUT2D eigenvalue weighted by Crippen LogP contribution is -2.27. The summed E-state index contributed by atoms with van der Waals surface area (Å²) < 4.78 is 49.9. The lowest BCUT2D eigenvalue weighted by Gasteiger charge is -2.16. The van der Waals surface area contributed by atoms with Crippen molar-refractivity contribution in [3.05, 3.63) is 58.6 Å². The molecule has 1 aliphatic heterocycles. The Morgan fingerprint density at radius 1 is 1.17 bits per heavy atom. The fourth-order valence-electron chi connectivity index (χ4n) is 3.66. The molecule has 1 unspecified atom stereocenters. The number of rotatable bonds is 8. The Morgan fingerprint density at radius 2 is 1.92 bits per heavy atom. The lowest BCUT2D eigenvalue weighted by molar-refractivity contribution is -0.145. The van der Waals surface area contributed by atoms with Gasteiger partial charge in [-0.2, -0.15) is 13.2 Å². The average Bonchev–Trinajstić information content (AvgIpc) is 3.54. The second-order valence-electron chi connectivity index (χ2n) is 8.95. The van der Waals surface area contributed by atoms with Crippen molar-refractivity contribution in [2.45, 2.75) is 57.9 Å². The third-order valence-corrected chi connectivity index (χ3v) is 7.09. The number of hydrogen-bond donors (Lipinski definition) is 1. The van der Waals surface area contributed by atoms with Gasteiger partial charge in [-0.3, -0.25) is 4.79 Å². The zero-order valence-electron chi connectivity index (χ0n) is 20.1. The maximum absolute atomic E-state index is 13.1. The molecule has 1 fully saturated rings. The number of alkyl halides is 3. The summed E-state index contributed by atoms with van der Waals surface area (Å²) in [6, 6.07) is 4.60. The number of benzene rings is 1. The van der Waals surface area contributed by atoms with Gasteiger partial charge in [0.25, 0.3) is 5.91 Å². The van der Waals surface area contributed by atoms with E-state index in [2.05, 4.69) is 34.1 Å². The van der Waals surface area contributed by atoms with Crippen LogP contribution in [0.1, 0.15) is 72.2 Å². The van der Waals surface area contributed by atoms with E-state index in [4.69, 9.17) is 9.47 Å². The van der Waals surface area contributed by atoms with Gasteiger partial charge in [-0.1, -0.05) is 13.8 Å². The molecule has 2 aromatic heterocycles. The highest BCUT2D eigenvalue weighted by molar-refractivity contribution is 7.15. The molecule has 4 rings (SSSR count). The van der Waals surface area contributed by atoms with Crippen molar-refractivity contribution >= 4 is 17.2 Å². The summed E-state index contributed by atoms with van der Waals surface area (Å²) >= 11 is 1.55. The molecule has 1 N–H and O–H groups in total. The average molecular weight is 521 g/mol. The van der Waals surface area contributed by atoms with Crippen molar-refractivity contribution in [1.82, 2.24) is 20.3 Å². The van der Waals surface area contributed by atoms with Gasteiger partial charge in [0.2, 0.25) is 5.82 Å². The first-order valence-corrected chi connectivity index (χ1v) is 12.5. The Kier molecular flexibility index (Phi) is 7.89. The number of thiazole rings is 1. The molecule has 1 aliphatic rings. The van der Waals surface area contributed by atoms with E-state index in [0.717, 1.165) is 40.7 Å². The fourth-order valence-corrected chi connectivity index (χ4v) is 4.57. The van der Waals surface area contributed by atoms with Crippen LogP contribution in [0.3, 0.4) is 0 Å². The van der Waals surface area contributed by atoms with E-state index in [1.165, 1.54) is 0 Å².